The number of halogens is 2. The first-order valence-corrected chi connectivity index (χ1v) is 11.2. The SMILES string of the molecule is CCOC(=O)c1cnn(-c2ccc(C(=O)N3CCN(C(=O)c4ccc(F)c(F)c4)CC3)cc2)c1C. The third-order valence-electron chi connectivity index (χ3n) is 5.88. The number of ether oxygens (including phenoxy) is 1. The minimum absolute atomic E-state index is 0.0688. The Bertz CT molecular complexity index is 1260. The summed E-state index contributed by atoms with van der Waals surface area (Å²) in [7, 11) is 0. The van der Waals surface area contributed by atoms with E-state index >= 15 is 0 Å². The summed E-state index contributed by atoms with van der Waals surface area (Å²) in [6.07, 6.45) is 1.45. The third-order valence-corrected chi connectivity index (χ3v) is 5.88. The minimum Gasteiger partial charge on any atom is -0.462 e. The molecule has 3 aromatic rings. The van der Waals surface area contributed by atoms with Crippen molar-refractivity contribution in [1.29, 1.82) is 0 Å². The molecule has 1 aromatic heterocycles. The molecular weight excluding hydrogens is 458 g/mol. The zero-order valence-electron chi connectivity index (χ0n) is 19.3. The van der Waals surface area contributed by atoms with Gasteiger partial charge in [0, 0.05) is 37.3 Å². The lowest BCUT2D eigenvalue weighted by Crippen LogP contribution is -2.50. The van der Waals surface area contributed by atoms with Crippen molar-refractivity contribution in [2.45, 2.75) is 13.8 Å². The van der Waals surface area contributed by atoms with Crippen molar-refractivity contribution in [2.75, 3.05) is 32.8 Å². The van der Waals surface area contributed by atoms with E-state index in [-0.39, 0.29) is 31.2 Å². The Morgan fingerprint density at radius 2 is 1.46 bits per heavy atom. The highest BCUT2D eigenvalue weighted by molar-refractivity contribution is 5.96. The molecule has 182 valence electrons. The highest BCUT2D eigenvalue weighted by Gasteiger charge is 2.26. The number of amides is 2. The van der Waals surface area contributed by atoms with Crippen LogP contribution in [0.4, 0.5) is 8.78 Å². The number of rotatable bonds is 5. The van der Waals surface area contributed by atoms with Gasteiger partial charge in [0.15, 0.2) is 11.6 Å². The first-order chi connectivity index (χ1) is 16.8. The zero-order chi connectivity index (χ0) is 25.1. The molecule has 8 nitrogen and oxygen atoms in total. The first-order valence-electron chi connectivity index (χ1n) is 11.2. The second kappa shape index (κ2) is 10.0. The summed E-state index contributed by atoms with van der Waals surface area (Å²) in [5, 5.41) is 4.25. The fraction of sp³-hybridized carbons (Fsp3) is 0.280. The third kappa shape index (κ3) is 4.91. The molecule has 0 spiro atoms. The van der Waals surface area contributed by atoms with Crippen LogP contribution >= 0.6 is 0 Å². The second-order valence-electron chi connectivity index (χ2n) is 8.04. The van der Waals surface area contributed by atoms with Gasteiger partial charge >= 0.3 is 5.97 Å². The van der Waals surface area contributed by atoms with Crippen LogP contribution in [0.3, 0.4) is 0 Å². The highest BCUT2D eigenvalue weighted by Crippen LogP contribution is 2.18. The van der Waals surface area contributed by atoms with Crippen LogP contribution in [0.1, 0.15) is 43.7 Å². The molecule has 1 saturated heterocycles. The van der Waals surface area contributed by atoms with Gasteiger partial charge in [-0.2, -0.15) is 5.10 Å². The van der Waals surface area contributed by atoms with Crippen LogP contribution < -0.4 is 0 Å². The molecule has 2 aromatic carbocycles. The van der Waals surface area contributed by atoms with Gasteiger partial charge in [0.1, 0.15) is 5.56 Å². The topological polar surface area (TPSA) is 84.7 Å². The van der Waals surface area contributed by atoms with Gasteiger partial charge in [-0.15, -0.1) is 0 Å². The summed E-state index contributed by atoms with van der Waals surface area (Å²) >= 11 is 0. The number of carbonyl (C=O) groups is 3. The Hall–Kier alpha value is -4.08. The maximum Gasteiger partial charge on any atom is 0.341 e. The van der Waals surface area contributed by atoms with Crippen molar-refractivity contribution >= 4 is 17.8 Å². The van der Waals surface area contributed by atoms with Crippen LogP contribution in [0.25, 0.3) is 5.69 Å². The van der Waals surface area contributed by atoms with E-state index in [4.69, 9.17) is 4.74 Å². The standard InChI is InChI=1S/C25H24F2N4O4/c1-3-35-25(34)20-15-28-31(16(20)2)19-7-4-17(5-8-19)23(32)29-10-12-30(13-11-29)24(33)18-6-9-21(26)22(27)14-18/h4-9,14-15H,3,10-13H2,1-2H3. The lowest BCUT2D eigenvalue weighted by Gasteiger charge is -2.35. The summed E-state index contributed by atoms with van der Waals surface area (Å²) < 4.78 is 33.2. The molecule has 0 unspecified atom stereocenters. The molecule has 1 aliphatic rings. The molecule has 10 heteroatoms. The van der Waals surface area contributed by atoms with E-state index in [1.54, 1.807) is 47.7 Å². The second-order valence-corrected chi connectivity index (χ2v) is 8.04. The molecule has 2 heterocycles. The number of carbonyl (C=O) groups excluding carboxylic acids is 3. The van der Waals surface area contributed by atoms with Crippen molar-refractivity contribution in [2.24, 2.45) is 0 Å². The summed E-state index contributed by atoms with van der Waals surface area (Å²) in [4.78, 5) is 40.7. The van der Waals surface area contributed by atoms with E-state index in [9.17, 15) is 23.2 Å². The smallest absolute Gasteiger partial charge is 0.341 e. The normalized spacial score (nSPS) is 13.6. The number of esters is 1. The highest BCUT2D eigenvalue weighted by atomic mass is 19.2. The lowest BCUT2D eigenvalue weighted by molar-refractivity contribution is 0.0525. The quantitative estimate of drug-likeness (QED) is 0.522. The fourth-order valence-electron chi connectivity index (χ4n) is 3.93. The number of benzene rings is 2. The van der Waals surface area contributed by atoms with E-state index in [0.29, 0.717) is 35.6 Å². The molecule has 0 saturated carbocycles. The van der Waals surface area contributed by atoms with Gasteiger partial charge < -0.3 is 14.5 Å². The van der Waals surface area contributed by atoms with Crippen LogP contribution in [0.2, 0.25) is 0 Å². The van der Waals surface area contributed by atoms with Crippen LogP contribution in [0, 0.1) is 18.6 Å². The van der Waals surface area contributed by atoms with Gasteiger partial charge in [0.2, 0.25) is 0 Å². The van der Waals surface area contributed by atoms with Crippen molar-refractivity contribution in [3.05, 3.63) is 82.7 Å². The fourth-order valence-corrected chi connectivity index (χ4v) is 3.93. The van der Waals surface area contributed by atoms with Crippen molar-refractivity contribution < 1.29 is 27.9 Å². The zero-order valence-corrected chi connectivity index (χ0v) is 19.3. The predicted molar refractivity (Wildman–Crippen MR) is 122 cm³/mol. The van der Waals surface area contributed by atoms with E-state index in [0.717, 1.165) is 12.1 Å². The van der Waals surface area contributed by atoms with Crippen LogP contribution in [0.5, 0.6) is 0 Å². The summed E-state index contributed by atoms with van der Waals surface area (Å²) in [5.74, 6) is -3.11. The Morgan fingerprint density at radius 3 is 2.03 bits per heavy atom. The maximum atomic E-state index is 13.5. The Balaban J connectivity index is 1.39. The van der Waals surface area contributed by atoms with Gasteiger partial charge in [-0.1, -0.05) is 0 Å². The molecule has 0 radical (unpaired) electrons. The largest absolute Gasteiger partial charge is 0.462 e. The molecule has 1 aliphatic heterocycles. The van der Waals surface area contributed by atoms with E-state index in [2.05, 4.69) is 5.10 Å². The predicted octanol–water partition coefficient (Wildman–Crippen LogP) is 3.23. The number of piperazine rings is 1. The van der Waals surface area contributed by atoms with E-state index in [1.165, 1.54) is 17.2 Å². The van der Waals surface area contributed by atoms with E-state index in [1.807, 2.05) is 0 Å². The van der Waals surface area contributed by atoms with Crippen LogP contribution in [0.15, 0.2) is 48.7 Å². The minimum atomic E-state index is -1.07. The summed E-state index contributed by atoms with van der Waals surface area (Å²) in [5.41, 5.74) is 2.24. The van der Waals surface area contributed by atoms with E-state index < -0.39 is 23.5 Å². The first kappa shape index (κ1) is 24.1. The maximum absolute atomic E-state index is 13.5. The van der Waals surface area contributed by atoms with Crippen molar-refractivity contribution in [3.8, 4) is 5.69 Å². The Kier molecular flexibility index (Phi) is 6.90. The van der Waals surface area contributed by atoms with Crippen LogP contribution in [-0.4, -0.2) is 70.1 Å². The van der Waals surface area contributed by atoms with Gasteiger partial charge in [-0.25, -0.2) is 18.3 Å². The number of aromatic nitrogens is 2. The van der Waals surface area contributed by atoms with Crippen molar-refractivity contribution in [1.82, 2.24) is 19.6 Å². The summed E-state index contributed by atoms with van der Waals surface area (Å²) in [6.45, 7) is 4.97. The van der Waals surface area contributed by atoms with Crippen LogP contribution in [-0.2, 0) is 4.74 Å². The molecule has 4 rings (SSSR count). The number of hydrogen-bond donors (Lipinski definition) is 0. The molecule has 0 atom stereocenters. The van der Waals surface area contributed by atoms with Gasteiger partial charge in [0.25, 0.3) is 11.8 Å². The monoisotopic (exact) mass is 482 g/mol. The van der Waals surface area contributed by atoms with Crippen molar-refractivity contribution in [3.63, 3.8) is 0 Å². The number of nitrogens with zero attached hydrogens (tertiary/aromatic N) is 4. The molecule has 35 heavy (non-hydrogen) atoms. The molecular formula is C25H24F2N4O4. The Labute approximate surface area is 200 Å². The van der Waals surface area contributed by atoms with Gasteiger partial charge in [-0.05, 0) is 56.3 Å². The number of hydrogen-bond acceptors (Lipinski definition) is 5. The molecule has 0 aliphatic carbocycles. The average molecular weight is 482 g/mol. The average Bonchev–Trinajstić information content (AvgIpc) is 3.26. The molecule has 2 amide bonds. The van der Waals surface area contributed by atoms with Gasteiger partial charge in [0.05, 0.1) is 24.2 Å². The molecule has 0 bridgehead atoms. The molecule has 0 N–H and O–H groups in total. The molecule has 1 fully saturated rings. The Morgan fingerprint density at radius 1 is 0.886 bits per heavy atom. The van der Waals surface area contributed by atoms with Gasteiger partial charge in [-0.3, -0.25) is 9.59 Å². The summed E-state index contributed by atoms with van der Waals surface area (Å²) in [6, 6.07) is 9.90. The lowest BCUT2D eigenvalue weighted by atomic mass is 10.1.